The predicted octanol–water partition coefficient (Wildman–Crippen LogP) is 6.29. The highest BCUT2D eigenvalue weighted by molar-refractivity contribution is 5.21. The predicted molar refractivity (Wildman–Crippen MR) is 88.6 cm³/mol. The van der Waals surface area contributed by atoms with Gasteiger partial charge in [0.25, 0.3) is 0 Å². The lowest BCUT2D eigenvalue weighted by Crippen LogP contribution is -2.38. The Kier molecular flexibility index (Phi) is 5.23. The van der Waals surface area contributed by atoms with E-state index in [9.17, 15) is 8.78 Å². The second-order valence-electron chi connectivity index (χ2n) is 7.61. The summed E-state index contributed by atoms with van der Waals surface area (Å²) in [5.74, 6) is 1.91. The van der Waals surface area contributed by atoms with E-state index in [4.69, 9.17) is 4.74 Å². The van der Waals surface area contributed by atoms with Crippen LogP contribution in [0.5, 0.6) is 5.75 Å². The molecule has 0 radical (unpaired) electrons. The van der Waals surface area contributed by atoms with Crippen LogP contribution in [0.15, 0.2) is 30.3 Å². The molecule has 0 aliphatic heterocycles. The molecule has 3 rings (SSSR count). The first kappa shape index (κ1) is 16.7. The molecule has 1 nitrogen and oxygen atoms in total. The van der Waals surface area contributed by atoms with Gasteiger partial charge in [0, 0.05) is 0 Å². The van der Waals surface area contributed by atoms with E-state index in [1.54, 1.807) is 30.3 Å². The summed E-state index contributed by atoms with van der Waals surface area (Å²) in [6.07, 6.45) is 5.26. The molecule has 128 valence electrons. The molecule has 3 heteroatoms. The van der Waals surface area contributed by atoms with Crippen LogP contribution in [0, 0.1) is 23.7 Å². The van der Waals surface area contributed by atoms with Crippen molar-refractivity contribution in [3.63, 3.8) is 0 Å². The molecule has 1 aromatic rings. The number of rotatable bonds is 4. The molecule has 0 heterocycles. The standard InChI is InChI=1S/C20H28F2O/c1-15-7-9-16(10-8-15)17-11-13-18(14-12-17)20(21,22)23-19-5-3-2-4-6-19/h2-6,15-18H,7-14H2,1H3. The highest BCUT2D eigenvalue weighted by Crippen LogP contribution is 2.45. The summed E-state index contributed by atoms with van der Waals surface area (Å²) in [5.41, 5.74) is 0. The molecular formula is C20H28F2O. The molecule has 2 saturated carbocycles. The molecule has 0 N–H and O–H groups in total. The van der Waals surface area contributed by atoms with E-state index < -0.39 is 12.0 Å². The topological polar surface area (TPSA) is 9.23 Å². The lowest BCUT2D eigenvalue weighted by atomic mass is 9.69. The normalized spacial score (nSPS) is 32.5. The van der Waals surface area contributed by atoms with Crippen LogP contribution in [0.3, 0.4) is 0 Å². The van der Waals surface area contributed by atoms with Crippen LogP contribution < -0.4 is 4.74 Å². The highest BCUT2D eigenvalue weighted by atomic mass is 19.3. The van der Waals surface area contributed by atoms with Gasteiger partial charge in [0.1, 0.15) is 5.75 Å². The van der Waals surface area contributed by atoms with E-state index >= 15 is 0 Å². The summed E-state index contributed by atoms with van der Waals surface area (Å²) < 4.78 is 33.8. The van der Waals surface area contributed by atoms with E-state index in [-0.39, 0.29) is 5.75 Å². The van der Waals surface area contributed by atoms with Crippen molar-refractivity contribution >= 4 is 0 Å². The molecule has 2 aliphatic carbocycles. The number of ether oxygens (including phenoxy) is 1. The van der Waals surface area contributed by atoms with Gasteiger partial charge in [-0.3, -0.25) is 0 Å². The van der Waals surface area contributed by atoms with Crippen molar-refractivity contribution in [1.82, 2.24) is 0 Å². The SMILES string of the molecule is CC1CCC(C2CCC(C(F)(F)Oc3ccccc3)CC2)CC1. The first-order chi connectivity index (χ1) is 11.0. The highest BCUT2D eigenvalue weighted by Gasteiger charge is 2.44. The maximum atomic E-state index is 14.4. The summed E-state index contributed by atoms with van der Waals surface area (Å²) in [7, 11) is 0. The first-order valence-electron chi connectivity index (χ1n) is 9.16. The van der Waals surface area contributed by atoms with Crippen LogP contribution >= 0.6 is 0 Å². The average molecular weight is 322 g/mol. The van der Waals surface area contributed by atoms with Crippen LogP contribution in [-0.4, -0.2) is 6.11 Å². The fraction of sp³-hybridized carbons (Fsp3) is 0.700. The van der Waals surface area contributed by atoms with Crippen molar-refractivity contribution < 1.29 is 13.5 Å². The molecule has 0 unspecified atom stereocenters. The van der Waals surface area contributed by atoms with Gasteiger partial charge in [-0.25, -0.2) is 0 Å². The van der Waals surface area contributed by atoms with E-state index in [0.29, 0.717) is 18.8 Å². The van der Waals surface area contributed by atoms with Gasteiger partial charge in [-0.2, -0.15) is 8.78 Å². The Bertz CT molecular complexity index is 472. The van der Waals surface area contributed by atoms with E-state index in [0.717, 1.165) is 24.7 Å². The van der Waals surface area contributed by atoms with Gasteiger partial charge >= 0.3 is 6.11 Å². The maximum Gasteiger partial charge on any atom is 0.400 e. The third-order valence-corrected chi connectivity index (χ3v) is 5.97. The molecule has 0 aromatic heterocycles. The second-order valence-corrected chi connectivity index (χ2v) is 7.61. The van der Waals surface area contributed by atoms with E-state index in [1.165, 1.54) is 25.7 Å². The van der Waals surface area contributed by atoms with Crippen LogP contribution in [-0.2, 0) is 0 Å². The Morgan fingerprint density at radius 1 is 0.826 bits per heavy atom. The zero-order valence-electron chi connectivity index (χ0n) is 14.0. The molecule has 0 saturated heterocycles. The van der Waals surface area contributed by atoms with Crippen LogP contribution in [0.1, 0.15) is 58.3 Å². The van der Waals surface area contributed by atoms with Crippen LogP contribution in [0.4, 0.5) is 8.78 Å². The second kappa shape index (κ2) is 7.19. The lowest BCUT2D eigenvalue weighted by Gasteiger charge is -2.38. The van der Waals surface area contributed by atoms with Crippen molar-refractivity contribution in [2.45, 2.75) is 64.4 Å². The molecule has 2 fully saturated rings. The summed E-state index contributed by atoms with van der Waals surface area (Å²) in [5, 5.41) is 0. The Morgan fingerprint density at radius 2 is 1.35 bits per heavy atom. The van der Waals surface area contributed by atoms with Crippen molar-refractivity contribution in [3.05, 3.63) is 30.3 Å². The molecule has 0 spiro atoms. The zero-order chi connectivity index (χ0) is 16.3. The number of benzene rings is 1. The van der Waals surface area contributed by atoms with Crippen LogP contribution in [0.25, 0.3) is 0 Å². The summed E-state index contributed by atoms with van der Waals surface area (Å²) >= 11 is 0. The Hall–Kier alpha value is -1.12. The Balaban J connectivity index is 1.51. The summed E-state index contributed by atoms with van der Waals surface area (Å²) in [6.45, 7) is 2.33. The van der Waals surface area contributed by atoms with Gasteiger partial charge in [0.05, 0.1) is 5.92 Å². The van der Waals surface area contributed by atoms with Crippen molar-refractivity contribution in [1.29, 1.82) is 0 Å². The first-order valence-corrected chi connectivity index (χ1v) is 9.16. The monoisotopic (exact) mass is 322 g/mol. The third-order valence-electron chi connectivity index (χ3n) is 5.97. The molecule has 2 aliphatic rings. The van der Waals surface area contributed by atoms with E-state index in [2.05, 4.69) is 6.92 Å². The van der Waals surface area contributed by atoms with Crippen molar-refractivity contribution in [2.75, 3.05) is 0 Å². The lowest BCUT2D eigenvalue weighted by molar-refractivity contribution is -0.224. The summed E-state index contributed by atoms with van der Waals surface area (Å²) in [4.78, 5) is 0. The van der Waals surface area contributed by atoms with E-state index in [1.807, 2.05) is 0 Å². The van der Waals surface area contributed by atoms with Crippen molar-refractivity contribution in [2.24, 2.45) is 23.7 Å². The van der Waals surface area contributed by atoms with Gasteiger partial charge in [-0.15, -0.1) is 0 Å². The quantitative estimate of drug-likeness (QED) is 0.633. The maximum absolute atomic E-state index is 14.4. The number of hydrogen-bond acceptors (Lipinski definition) is 1. The summed E-state index contributed by atoms with van der Waals surface area (Å²) in [6, 6.07) is 8.46. The van der Waals surface area contributed by atoms with Crippen molar-refractivity contribution in [3.8, 4) is 5.75 Å². The largest absolute Gasteiger partial charge is 0.432 e. The van der Waals surface area contributed by atoms with Gasteiger partial charge in [-0.1, -0.05) is 38.0 Å². The fourth-order valence-corrected chi connectivity index (χ4v) is 4.41. The molecular weight excluding hydrogens is 294 g/mol. The molecule has 0 atom stereocenters. The Morgan fingerprint density at radius 3 is 1.91 bits per heavy atom. The van der Waals surface area contributed by atoms with Crippen LogP contribution in [0.2, 0.25) is 0 Å². The zero-order valence-corrected chi connectivity index (χ0v) is 14.0. The van der Waals surface area contributed by atoms with Gasteiger partial charge in [0.15, 0.2) is 0 Å². The minimum Gasteiger partial charge on any atom is -0.432 e. The average Bonchev–Trinajstić information content (AvgIpc) is 2.56. The number of halogens is 2. The molecule has 0 bridgehead atoms. The minimum atomic E-state index is -3.05. The van der Waals surface area contributed by atoms with Gasteiger partial charge in [-0.05, 0) is 68.4 Å². The van der Waals surface area contributed by atoms with Gasteiger partial charge in [0.2, 0.25) is 0 Å². The third kappa shape index (κ3) is 4.24. The number of para-hydroxylation sites is 1. The Labute approximate surface area is 138 Å². The molecule has 23 heavy (non-hydrogen) atoms. The number of alkyl halides is 2. The minimum absolute atomic E-state index is 0.265. The smallest absolute Gasteiger partial charge is 0.400 e. The number of hydrogen-bond donors (Lipinski definition) is 0. The fourth-order valence-electron chi connectivity index (χ4n) is 4.41. The van der Waals surface area contributed by atoms with Gasteiger partial charge < -0.3 is 4.74 Å². The molecule has 1 aromatic carbocycles. The molecule has 0 amide bonds.